The molecule has 0 aliphatic heterocycles. The van der Waals surface area contributed by atoms with Gasteiger partial charge in [-0.25, -0.2) is 0 Å². The molecule has 0 aliphatic carbocycles. The van der Waals surface area contributed by atoms with E-state index in [-0.39, 0.29) is 24.0 Å². The number of aliphatic imine (C=N–C) groups is 1. The predicted octanol–water partition coefficient (Wildman–Crippen LogP) is 3.41. The van der Waals surface area contributed by atoms with Crippen molar-refractivity contribution in [1.82, 2.24) is 10.6 Å². The number of ether oxygens (including phenoxy) is 2. The van der Waals surface area contributed by atoms with E-state index in [0.29, 0.717) is 13.2 Å². The van der Waals surface area contributed by atoms with E-state index in [0.717, 1.165) is 30.4 Å². The van der Waals surface area contributed by atoms with Crippen molar-refractivity contribution >= 4 is 29.9 Å². The van der Waals surface area contributed by atoms with Crippen LogP contribution in [0.5, 0.6) is 11.5 Å². The molecule has 0 unspecified atom stereocenters. The molecule has 2 rings (SSSR count). The molecule has 0 atom stereocenters. The zero-order valence-corrected chi connectivity index (χ0v) is 17.9. The number of benzene rings is 2. The van der Waals surface area contributed by atoms with Crippen LogP contribution in [0.2, 0.25) is 0 Å². The summed E-state index contributed by atoms with van der Waals surface area (Å²) in [4.78, 5) is 4.23. The molecule has 26 heavy (non-hydrogen) atoms. The van der Waals surface area contributed by atoms with Crippen LogP contribution < -0.4 is 20.1 Å². The number of hydrogen-bond donors (Lipinski definition) is 2. The molecule has 0 saturated heterocycles. The molecule has 0 aliphatic rings. The van der Waals surface area contributed by atoms with Gasteiger partial charge in [0.05, 0.1) is 13.7 Å². The summed E-state index contributed by atoms with van der Waals surface area (Å²) in [6, 6.07) is 16.0. The van der Waals surface area contributed by atoms with Gasteiger partial charge in [0, 0.05) is 13.6 Å². The molecule has 0 bridgehead atoms. The molecule has 0 saturated carbocycles. The van der Waals surface area contributed by atoms with Gasteiger partial charge in [-0.1, -0.05) is 35.9 Å². The van der Waals surface area contributed by atoms with Crippen LogP contribution in [0, 0.1) is 6.92 Å². The average molecular weight is 469 g/mol. The third-order valence-corrected chi connectivity index (χ3v) is 3.75. The van der Waals surface area contributed by atoms with Crippen LogP contribution in [-0.4, -0.2) is 39.8 Å². The van der Waals surface area contributed by atoms with Gasteiger partial charge < -0.3 is 20.1 Å². The standard InChI is InChI=1S/C20H27N3O2.HI/c1-16-9-10-19(24-3)17(15-16)11-12-22-20(21-2)23-13-14-25-18-7-5-4-6-8-18;/h4-10,15H,11-14H2,1-3H3,(H2,21,22,23);1H. The Morgan fingerprint density at radius 3 is 2.46 bits per heavy atom. The van der Waals surface area contributed by atoms with Crippen LogP contribution in [-0.2, 0) is 6.42 Å². The molecule has 6 heteroatoms. The average Bonchev–Trinajstić information content (AvgIpc) is 2.64. The van der Waals surface area contributed by atoms with Crippen LogP contribution in [0.3, 0.4) is 0 Å². The zero-order valence-electron chi connectivity index (χ0n) is 15.6. The molecule has 0 aromatic heterocycles. The van der Waals surface area contributed by atoms with E-state index >= 15 is 0 Å². The molecule has 2 aromatic carbocycles. The second-order valence-corrected chi connectivity index (χ2v) is 5.65. The van der Waals surface area contributed by atoms with Gasteiger partial charge in [-0.15, -0.1) is 24.0 Å². The van der Waals surface area contributed by atoms with E-state index in [1.807, 2.05) is 36.4 Å². The quantitative estimate of drug-likeness (QED) is 0.269. The summed E-state index contributed by atoms with van der Waals surface area (Å²) < 4.78 is 11.1. The van der Waals surface area contributed by atoms with Crippen molar-refractivity contribution < 1.29 is 9.47 Å². The van der Waals surface area contributed by atoms with Gasteiger partial charge in [0.1, 0.15) is 18.1 Å². The summed E-state index contributed by atoms with van der Waals surface area (Å²) in [5.74, 6) is 2.56. The highest BCUT2D eigenvalue weighted by atomic mass is 127. The van der Waals surface area contributed by atoms with Gasteiger partial charge in [0.15, 0.2) is 5.96 Å². The number of aryl methyl sites for hydroxylation is 1. The summed E-state index contributed by atoms with van der Waals surface area (Å²) in [6.45, 7) is 4.13. The Morgan fingerprint density at radius 1 is 1.04 bits per heavy atom. The summed E-state index contributed by atoms with van der Waals surface area (Å²) in [6.07, 6.45) is 0.867. The smallest absolute Gasteiger partial charge is 0.191 e. The van der Waals surface area contributed by atoms with Crippen LogP contribution in [0.4, 0.5) is 0 Å². The van der Waals surface area contributed by atoms with Crippen molar-refractivity contribution in [3.63, 3.8) is 0 Å². The van der Waals surface area contributed by atoms with Gasteiger partial charge in [0.25, 0.3) is 0 Å². The Kier molecular flexibility index (Phi) is 10.5. The van der Waals surface area contributed by atoms with E-state index in [2.05, 4.69) is 34.7 Å². The highest BCUT2D eigenvalue weighted by Crippen LogP contribution is 2.19. The Bertz CT molecular complexity index is 678. The van der Waals surface area contributed by atoms with E-state index in [1.54, 1.807) is 14.2 Å². The lowest BCUT2D eigenvalue weighted by Crippen LogP contribution is -2.40. The number of hydrogen-bond acceptors (Lipinski definition) is 3. The normalized spacial score (nSPS) is 10.7. The lowest BCUT2D eigenvalue weighted by molar-refractivity contribution is 0.322. The summed E-state index contributed by atoms with van der Waals surface area (Å²) in [7, 11) is 3.47. The molecule has 2 N–H and O–H groups in total. The van der Waals surface area contributed by atoms with Crippen molar-refractivity contribution in [3.8, 4) is 11.5 Å². The van der Waals surface area contributed by atoms with Crippen LogP contribution >= 0.6 is 24.0 Å². The first-order chi connectivity index (χ1) is 12.2. The number of methoxy groups -OCH3 is 1. The fourth-order valence-electron chi connectivity index (χ4n) is 2.49. The van der Waals surface area contributed by atoms with Crippen LogP contribution in [0.25, 0.3) is 0 Å². The minimum atomic E-state index is 0. The lowest BCUT2D eigenvalue weighted by atomic mass is 10.1. The van der Waals surface area contributed by atoms with Gasteiger partial charge in [-0.2, -0.15) is 0 Å². The number of nitrogens with zero attached hydrogens (tertiary/aromatic N) is 1. The first kappa shape index (κ1) is 22.1. The predicted molar refractivity (Wildman–Crippen MR) is 118 cm³/mol. The Balaban J connectivity index is 0.00000338. The molecule has 0 heterocycles. The maximum atomic E-state index is 5.66. The van der Waals surface area contributed by atoms with Crippen molar-refractivity contribution in [2.24, 2.45) is 4.99 Å². The van der Waals surface area contributed by atoms with Gasteiger partial charge in [0.2, 0.25) is 0 Å². The number of guanidine groups is 1. The molecular formula is C20H28IN3O2. The molecule has 5 nitrogen and oxygen atoms in total. The van der Waals surface area contributed by atoms with E-state index in [1.165, 1.54) is 11.1 Å². The summed E-state index contributed by atoms with van der Waals surface area (Å²) in [5, 5.41) is 6.56. The molecule has 0 fully saturated rings. The number of nitrogens with one attached hydrogen (secondary N) is 2. The van der Waals surface area contributed by atoms with Crippen molar-refractivity contribution in [2.75, 3.05) is 33.9 Å². The fourth-order valence-corrected chi connectivity index (χ4v) is 2.49. The van der Waals surface area contributed by atoms with Crippen LogP contribution in [0.15, 0.2) is 53.5 Å². The first-order valence-electron chi connectivity index (χ1n) is 8.49. The molecule has 142 valence electrons. The summed E-state index contributed by atoms with van der Waals surface area (Å²) >= 11 is 0. The Labute approximate surface area is 173 Å². The largest absolute Gasteiger partial charge is 0.496 e. The van der Waals surface area contributed by atoms with Gasteiger partial charge >= 0.3 is 0 Å². The lowest BCUT2D eigenvalue weighted by Gasteiger charge is -2.14. The molecular weight excluding hydrogens is 441 g/mol. The number of halogens is 1. The van der Waals surface area contributed by atoms with Crippen molar-refractivity contribution in [2.45, 2.75) is 13.3 Å². The van der Waals surface area contributed by atoms with Crippen molar-refractivity contribution in [3.05, 3.63) is 59.7 Å². The van der Waals surface area contributed by atoms with E-state index in [4.69, 9.17) is 9.47 Å². The molecule has 0 radical (unpaired) electrons. The number of para-hydroxylation sites is 1. The maximum absolute atomic E-state index is 5.66. The SMILES string of the molecule is CN=C(NCCOc1ccccc1)NCCc1cc(C)ccc1OC.I. The fraction of sp³-hybridized carbons (Fsp3) is 0.350. The second-order valence-electron chi connectivity index (χ2n) is 5.65. The molecule has 0 spiro atoms. The summed E-state index contributed by atoms with van der Waals surface area (Å²) in [5.41, 5.74) is 2.43. The highest BCUT2D eigenvalue weighted by Gasteiger charge is 2.04. The third kappa shape index (κ3) is 7.51. The van der Waals surface area contributed by atoms with Gasteiger partial charge in [-0.3, -0.25) is 4.99 Å². The number of rotatable bonds is 8. The maximum Gasteiger partial charge on any atom is 0.191 e. The minimum Gasteiger partial charge on any atom is -0.496 e. The minimum absolute atomic E-state index is 0. The van der Waals surface area contributed by atoms with Crippen molar-refractivity contribution in [1.29, 1.82) is 0 Å². The second kappa shape index (κ2) is 12.4. The Hall–Kier alpha value is -1.96. The monoisotopic (exact) mass is 469 g/mol. The van der Waals surface area contributed by atoms with Gasteiger partial charge in [-0.05, 0) is 37.1 Å². The highest BCUT2D eigenvalue weighted by molar-refractivity contribution is 14.0. The first-order valence-corrected chi connectivity index (χ1v) is 8.49. The van der Waals surface area contributed by atoms with Crippen LogP contribution in [0.1, 0.15) is 11.1 Å². The topological polar surface area (TPSA) is 54.9 Å². The molecule has 2 aromatic rings. The zero-order chi connectivity index (χ0) is 17.9. The Morgan fingerprint density at radius 2 is 1.77 bits per heavy atom. The van der Waals surface area contributed by atoms with E-state index in [9.17, 15) is 0 Å². The van der Waals surface area contributed by atoms with E-state index < -0.39 is 0 Å². The molecule has 0 amide bonds. The third-order valence-electron chi connectivity index (χ3n) is 3.75.